The van der Waals surface area contributed by atoms with E-state index >= 15 is 0 Å². The molecule has 4 heterocycles. The van der Waals surface area contributed by atoms with Gasteiger partial charge in [-0.2, -0.15) is 11.3 Å². The maximum atomic E-state index is 11.1. The third-order valence-corrected chi connectivity index (χ3v) is 12.6. The molecule has 62 heavy (non-hydrogen) atoms. The third kappa shape index (κ3) is 7.48. The van der Waals surface area contributed by atoms with Crippen LogP contribution in [-0.2, 0) is 31.9 Å². The molecule has 0 radical (unpaired) electrons. The van der Waals surface area contributed by atoms with E-state index in [1.807, 2.05) is 24.4 Å². The Morgan fingerprint density at radius 1 is 0.548 bits per heavy atom. The molecule has 10 aromatic rings. The number of aromatic hydroxyl groups is 1. The minimum Gasteiger partial charge on any atom is -0.507 e. The van der Waals surface area contributed by atoms with Crippen LogP contribution in [-0.4, -0.2) is 19.6 Å². The summed E-state index contributed by atoms with van der Waals surface area (Å²) < 4.78 is 2.43. The average Bonchev–Trinajstić information content (AvgIpc) is 3.89. The number of phenolic OH excluding ortho intramolecular Hbond substituents is 1. The van der Waals surface area contributed by atoms with Gasteiger partial charge in [0.05, 0.1) is 22.4 Å². The number of fused-ring (bicyclic) bond motifs is 4. The predicted octanol–water partition coefficient (Wildman–Crippen LogP) is 15.2. The Morgan fingerprint density at radius 2 is 1.18 bits per heavy atom. The molecular formula is C56H46N3OPtS-. The normalized spacial score (nSPS) is 12.0. The second kappa shape index (κ2) is 16.0. The van der Waals surface area contributed by atoms with Gasteiger partial charge in [0.25, 0.3) is 0 Å². The van der Waals surface area contributed by atoms with E-state index in [0.29, 0.717) is 11.3 Å². The van der Waals surface area contributed by atoms with Crippen molar-refractivity contribution in [2.45, 2.75) is 52.4 Å². The van der Waals surface area contributed by atoms with Crippen LogP contribution in [0.4, 0.5) is 0 Å². The van der Waals surface area contributed by atoms with Crippen molar-refractivity contribution in [3.05, 3.63) is 180 Å². The molecule has 4 aromatic heterocycles. The zero-order valence-electron chi connectivity index (χ0n) is 35.6. The summed E-state index contributed by atoms with van der Waals surface area (Å²) in [6, 6.07) is 54.7. The maximum Gasteiger partial charge on any atom is 0.124 e. The number of thiophene rings is 1. The van der Waals surface area contributed by atoms with Gasteiger partial charge in [0, 0.05) is 71.3 Å². The summed E-state index contributed by atoms with van der Waals surface area (Å²) in [6.07, 6.45) is 1.90. The summed E-state index contributed by atoms with van der Waals surface area (Å²) >= 11 is 1.74. The summed E-state index contributed by atoms with van der Waals surface area (Å²) in [5.41, 5.74) is 15.0. The van der Waals surface area contributed by atoms with Gasteiger partial charge in [0.15, 0.2) is 0 Å². The molecule has 0 atom stereocenters. The average molecular weight is 1000 g/mol. The van der Waals surface area contributed by atoms with E-state index in [4.69, 9.17) is 9.97 Å². The van der Waals surface area contributed by atoms with E-state index in [0.717, 1.165) is 44.8 Å². The fourth-order valence-electron chi connectivity index (χ4n) is 8.51. The molecule has 6 heteroatoms. The second-order valence-corrected chi connectivity index (χ2v) is 18.8. The topological polar surface area (TPSA) is 50.9 Å². The number of aromatic nitrogens is 3. The van der Waals surface area contributed by atoms with Gasteiger partial charge < -0.3 is 9.67 Å². The Kier molecular flexibility index (Phi) is 10.6. The van der Waals surface area contributed by atoms with Crippen molar-refractivity contribution >= 4 is 43.9 Å². The summed E-state index contributed by atoms with van der Waals surface area (Å²) in [7, 11) is 0. The van der Waals surface area contributed by atoms with E-state index < -0.39 is 0 Å². The number of rotatable bonds is 6. The summed E-state index contributed by atoms with van der Waals surface area (Å²) in [6.45, 7) is 13.6. The largest absolute Gasteiger partial charge is 0.507 e. The van der Waals surface area contributed by atoms with Gasteiger partial charge in [-0.1, -0.05) is 144 Å². The SMILES string of the molecule is CC(C)(C)c1cc(-c2cc(-c3[c-]c(-c4cc(-c5cccc6c7ccccc7n(-c7cccc8cscc78)c56)ccn4)ccc3)nc(-c3ccccc3O)c2)cc(C(C)(C)C)c1.[Pt]. The third-order valence-electron chi connectivity index (χ3n) is 11.9. The number of benzene rings is 6. The number of hydrogen-bond donors (Lipinski definition) is 1. The number of para-hydroxylation sites is 3. The summed E-state index contributed by atoms with van der Waals surface area (Å²) in [4.78, 5) is 10.1. The smallest absolute Gasteiger partial charge is 0.124 e. The van der Waals surface area contributed by atoms with Crippen LogP contribution < -0.4 is 0 Å². The molecule has 0 aliphatic carbocycles. The second-order valence-electron chi connectivity index (χ2n) is 18.1. The first kappa shape index (κ1) is 41.2. The number of phenols is 1. The Morgan fingerprint density at radius 3 is 1.95 bits per heavy atom. The first-order valence-corrected chi connectivity index (χ1v) is 21.8. The quantitative estimate of drug-likeness (QED) is 0.169. The van der Waals surface area contributed by atoms with Gasteiger partial charge in [0.1, 0.15) is 5.75 Å². The van der Waals surface area contributed by atoms with E-state index in [1.54, 1.807) is 17.4 Å². The molecular weight excluding hydrogens is 958 g/mol. The van der Waals surface area contributed by atoms with Crippen LogP contribution in [0.15, 0.2) is 163 Å². The van der Waals surface area contributed by atoms with Crippen molar-refractivity contribution < 1.29 is 26.2 Å². The van der Waals surface area contributed by atoms with E-state index in [2.05, 4.69) is 184 Å². The van der Waals surface area contributed by atoms with Crippen molar-refractivity contribution in [1.82, 2.24) is 14.5 Å². The van der Waals surface area contributed by atoms with Crippen LogP contribution in [0.1, 0.15) is 52.7 Å². The molecule has 0 amide bonds. The molecule has 0 saturated heterocycles. The molecule has 0 spiro atoms. The van der Waals surface area contributed by atoms with Crippen molar-refractivity contribution in [2.24, 2.45) is 0 Å². The monoisotopic (exact) mass is 1000 g/mol. The van der Waals surface area contributed by atoms with Crippen molar-refractivity contribution in [1.29, 1.82) is 0 Å². The van der Waals surface area contributed by atoms with Gasteiger partial charge in [0.2, 0.25) is 0 Å². The molecule has 6 aromatic carbocycles. The molecule has 0 unspecified atom stereocenters. The zero-order valence-corrected chi connectivity index (χ0v) is 38.7. The van der Waals surface area contributed by atoms with Crippen LogP contribution in [0, 0.1) is 6.07 Å². The molecule has 308 valence electrons. The molecule has 0 aliphatic rings. The zero-order chi connectivity index (χ0) is 42.0. The van der Waals surface area contributed by atoms with Crippen LogP contribution in [0.2, 0.25) is 0 Å². The van der Waals surface area contributed by atoms with Gasteiger partial charge in [-0.25, -0.2) is 0 Å². The standard InChI is InChI=1S/C56H46N3OS.Pt/c1-55(2,3)41-27-39(28-42(32-41)56(4,5)6)40-30-49(58-50(31-40)46-18-8-10-23-53(46)60)37-15-11-14-36(26-37)48-29-35(24-25-57-48)43-19-13-20-45-44-17-7-9-21-51(44)59(54(43)45)52-22-12-16-38-33-61-34-47(38)52;/h7-25,27-34,60H,1-6H3;/q-1;. The van der Waals surface area contributed by atoms with Gasteiger partial charge >= 0.3 is 0 Å². The minimum atomic E-state index is -0.0454. The number of nitrogens with zero attached hydrogens (tertiary/aromatic N) is 3. The fraction of sp³-hybridized carbons (Fsp3) is 0.143. The molecule has 0 fully saturated rings. The Hall–Kier alpha value is -6.13. The van der Waals surface area contributed by atoms with Crippen molar-refractivity contribution in [3.8, 4) is 67.5 Å². The number of hydrogen-bond acceptors (Lipinski definition) is 4. The van der Waals surface area contributed by atoms with Gasteiger partial charge in [-0.15, -0.1) is 24.3 Å². The van der Waals surface area contributed by atoms with Crippen LogP contribution >= 0.6 is 11.3 Å². The Balaban J connectivity index is 0.00000490. The molecule has 0 saturated carbocycles. The Labute approximate surface area is 381 Å². The first-order chi connectivity index (χ1) is 29.4. The van der Waals surface area contributed by atoms with E-state index in [9.17, 15) is 5.11 Å². The number of pyridine rings is 2. The summed E-state index contributed by atoms with van der Waals surface area (Å²) in [5, 5.41) is 20.5. The van der Waals surface area contributed by atoms with Crippen LogP contribution in [0.3, 0.4) is 0 Å². The molecule has 4 nitrogen and oxygen atoms in total. The van der Waals surface area contributed by atoms with Crippen molar-refractivity contribution in [3.63, 3.8) is 0 Å². The Bertz CT molecular complexity index is 3280. The first-order valence-electron chi connectivity index (χ1n) is 20.8. The van der Waals surface area contributed by atoms with E-state index in [-0.39, 0.29) is 37.6 Å². The van der Waals surface area contributed by atoms with Gasteiger partial charge in [-0.05, 0) is 85.8 Å². The van der Waals surface area contributed by atoms with Gasteiger partial charge in [-0.3, -0.25) is 9.97 Å². The molecule has 0 bridgehead atoms. The van der Waals surface area contributed by atoms with Crippen LogP contribution in [0.5, 0.6) is 5.75 Å². The summed E-state index contributed by atoms with van der Waals surface area (Å²) in [5.74, 6) is 0.191. The molecule has 1 N–H and O–H groups in total. The van der Waals surface area contributed by atoms with Crippen molar-refractivity contribution in [2.75, 3.05) is 0 Å². The maximum absolute atomic E-state index is 11.1. The molecule has 10 rings (SSSR count). The van der Waals surface area contributed by atoms with Crippen LogP contribution in [0.25, 0.3) is 94.3 Å². The van der Waals surface area contributed by atoms with E-state index in [1.165, 1.54) is 49.4 Å². The fourth-order valence-corrected chi connectivity index (χ4v) is 9.32. The predicted molar refractivity (Wildman–Crippen MR) is 257 cm³/mol. The minimum absolute atomic E-state index is 0. The molecule has 0 aliphatic heterocycles.